The lowest BCUT2D eigenvalue weighted by Crippen LogP contribution is -2.07. The number of rotatable bonds is 4. The first-order valence-corrected chi connectivity index (χ1v) is 5.69. The van der Waals surface area contributed by atoms with Crippen molar-refractivity contribution in [2.75, 3.05) is 7.11 Å². The van der Waals surface area contributed by atoms with E-state index in [0.717, 1.165) is 22.6 Å². The molecule has 0 amide bonds. The van der Waals surface area contributed by atoms with Gasteiger partial charge in [-0.2, -0.15) is 0 Å². The number of pyridine rings is 1. The maximum Gasteiger partial charge on any atom is 0.203 e. The number of Topliss-reactive ketones (excluding diaryl/α,β-unsaturated/α-hetero) is 1. The van der Waals surface area contributed by atoms with Crippen LogP contribution < -0.4 is 4.74 Å². The minimum Gasteiger partial charge on any atom is -0.496 e. The average molecular weight is 245 g/mol. The molecule has 0 saturated heterocycles. The molecule has 0 spiro atoms. The molecule has 0 N–H and O–H groups in total. The molecule has 18 heavy (non-hydrogen) atoms. The molecule has 0 aliphatic carbocycles. The Labute approximate surface area is 106 Å². The van der Waals surface area contributed by atoms with E-state index < -0.39 is 0 Å². The summed E-state index contributed by atoms with van der Waals surface area (Å²) in [5.74, 6) is 1.06. The molecule has 2 aromatic heterocycles. The predicted molar refractivity (Wildman–Crippen MR) is 67.0 cm³/mol. The average Bonchev–Trinajstić information content (AvgIpc) is 2.87. The van der Waals surface area contributed by atoms with Crippen molar-refractivity contribution in [3.05, 3.63) is 47.2 Å². The smallest absolute Gasteiger partial charge is 0.203 e. The van der Waals surface area contributed by atoms with Crippen LogP contribution in [0.3, 0.4) is 0 Å². The molecule has 0 aromatic carbocycles. The van der Waals surface area contributed by atoms with Crippen molar-refractivity contribution in [2.24, 2.45) is 0 Å². The fourth-order valence-corrected chi connectivity index (χ4v) is 1.93. The van der Waals surface area contributed by atoms with Gasteiger partial charge in [0.05, 0.1) is 25.5 Å². The largest absolute Gasteiger partial charge is 0.496 e. The first-order valence-electron chi connectivity index (χ1n) is 5.69. The highest BCUT2D eigenvalue weighted by atomic mass is 16.5. The SMILES string of the molecule is COc1c(C)cnc(CC(=O)c2ccco2)c1C. The van der Waals surface area contributed by atoms with Crippen molar-refractivity contribution in [1.29, 1.82) is 0 Å². The molecule has 2 rings (SSSR count). The van der Waals surface area contributed by atoms with Gasteiger partial charge in [0.1, 0.15) is 5.75 Å². The van der Waals surface area contributed by atoms with Crippen LogP contribution in [0, 0.1) is 13.8 Å². The Morgan fingerprint density at radius 3 is 2.83 bits per heavy atom. The first-order chi connectivity index (χ1) is 8.63. The van der Waals surface area contributed by atoms with Gasteiger partial charge in [-0.3, -0.25) is 9.78 Å². The molecule has 0 bridgehead atoms. The van der Waals surface area contributed by atoms with Crippen molar-refractivity contribution in [3.63, 3.8) is 0 Å². The Balaban J connectivity index is 2.27. The van der Waals surface area contributed by atoms with Crippen molar-refractivity contribution < 1.29 is 13.9 Å². The third-order valence-electron chi connectivity index (χ3n) is 2.87. The number of methoxy groups -OCH3 is 1. The molecule has 2 heterocycles. The van der Waals surface area contributed by atoms with E-state index in [2.05, 4.69) is 4.98 Å². The highest BCUT2D eigenvalue weighted by Crippen LogP contribution is 2.24. The van der Waals surface area contributed by atoms with Gasteiger partial charge < -0.3 is 9.15 Å². The number of ketones is 1. The molecule has 4 heteroatoms. The van der Waals surface area contributed by atoms with E-state index in [1.54, 1.807) is 25.4 Å². The molecule has 2 aromatic rings. The highest BCUT2D eigenvalue weighted by Gasteiger charge is 2.15. The lowest BCUT2D eigenvalue weighted by atomic mass is 10.1. The molecule has 0 fully saturated rings. The molecular weight excluding hydrogens is 230 g/mol. The zero-order chi connectivity index (χ0) is 13.1. The second-order valence-electron chi connectivity index (χ2n) is 4.12. The van der Waals surface area contributed by atoms with E-state index in [-0.39, 0.29) is 12.2 Å². The molecule has 0 aliphatic heterocycles. The van der Waals surface area contributed by atoms with Crippen LogP contribution in [-0.2, 0) is 6.42 Å². The van der Waals surface area contributed by atoms with Gasteiger partial charge in [0.2, 0.25) is 5.78 Å². The van der Waals surface area contributed by atoms with Crippen LogP contribution in [0.1, 0.15) is 27.4 Å². The van der Waals surface area contributed by atoms with Gasteiger partial charge in [0, 0.05) is 17.3 Å². The normalized spacial score (nSPS) is 10.4. The Hall–Kier alpha value is -2.10. The molecule has 0 unspecified atom stereocenters. The van der Waals surface area contributed by atoms with Gasteiger partial charge in [-0.1, -0.05) is 0 Å². The fourth-order valence-electron chi connectivity index (χ4n) is 1.93. The van der Waals surface area contributed by atoms with Gasteiger partial charge in [0.25, 0.3) is 0 Å². The van der Waals surface area contributed by atoms with Gasteiger partial charge >= 0.3 is 0 Å². The van der Waals surface area contributed by atoms with Crippen LogP contribution in [0.4, 0.5) is 0 Å². The standard InChI is InChI=1S/C14H15NO3/c1-9-8-15-11(10(2)14(9)17-3)7-12(16)13-5-4-6-18-13/h4-6,8H,7H2,1-3H3. The Kier molecular flexibility index (Phi) is 3.46. The summed E-state index contributed by atoms with van der Waals surface area (Å²) in [4.78, 5) is 16.2. The van der Waals surface area contributed by atoms with Crippen LogP contribution in [0.5, 0.6) is 5.75 Å². The Morgan fingerprint density at radius 2 is 2.22 bits per heavy atom. The third kappa shape index (κ3) is 2.27. The van der Waals surface area contributed by atoms with Gasteiger partial charge in [-0.05, 0) is 26.0 Å². The predicted octanol–water partition coefficient (Wildman–Crippen LogP) is 2.73. The summed E-state index contributed by atoms with van der Waals surface area (Å²) >= 11 is 0. The minimum absolute atomic E-state index is 0.0819. The quantitative estimate of drug-likeness (QED) is 0.777. The van der Waals surface area contributed by atoms with E-state index in [0.29, 0.717) is 5.76 Å². The number of aromatic nitrogens is 1. The number of furan rings is 1. The molecule has 0 atom stereocenters. The van der Waals surface area contributed by atoms with Crippen LogP contribution in [0.15, 0.2) is 29.0 Å². The minimum atomic E-state index is -0.0819. The van der Waals surface area contributed by atoms with Crippen molar-refractivity contribution in [3.8, 4) is 5.75 Å². The highest BCUT2D eigenvalue weighted by molar-refractivity contribution is 5.94. The van der Waals surface area contributed by atoms with Crippen molar-refractivity contribution >= 4 is 5.78 Å². The summed E-state index contributed by atoms with van der Waals surface area (Å²) in [6, 6.07) is 3.35. The Morgan fingerprint density at radius 1 is 1.44 bits per heavy atom. The lowest BCUT2D eigenvalue weighted by molar-refractivity contribution is 0.0965. The Bertz CT molecular complexity index is 559. The molecule has 4 nitrogen and oxygen atoms in total. The first kappa shape index (κ1) is 12.4. The lowest BCUT2D eigenvalue weighted by Gasteiger charge is -2.11. The molecule has 0 aliphatic rings. The summed E-state index contributed by atoms with van der Waals surface area (Å²) in [5.41, 5.74) is 2.58. The summed E-state index contributed by atoms with van der Waals surface area (Å²) in [5, 5.41) is 0. The number of hydrogen-bond donors (Lipinski definition) is 0. The van der Waals surface area contributed by atoms with Crippen molar-refractivity contribution in [2.45, 2.75) is 20.3 Å². The zero-order valence-electron chi connectivity index (χ0n) is 10.7. The van der Waals surface area contributed by atoms with E-state index >= 15 is 0 Å². The van der Waals surface area contributed by atoms with E-state index in [4.69, 9.17) is 9.15 Å². The van der Waals surface area contributed by atoms with E-state index in [1.165, 1.54) is 6.26 Å². The fraction of sp³-hybridized carbons (Fsp3) is 0.286. The van der Waals surface area contributed by atoms with Crippen LogP contribution >= 0.6 is 0 Å². The monoisotopic (exact) mass is 245 g/mol. The van der Waals surface area contributed by atoms with E-state index in [1.807, 2.05) is 13.8 Å². The molecular formula is C14H15NO3. The summed E-state index contributed by atoms with van der Waals surface area (Å²) < 4.78 is 10.4. The van der Waals surface area contributed by atoms with Crippen LogP contribution in [0.2, 0.25) is 0 Å². The number of hydrogen-bond acceptors (Lipinski definition) is 4. The maximum absolute atomic E-state index is 11.9. The third-order valence-corrected chi connectivity index (χ3v) is 2.87. The molecule has 0 saturated carbocycles. The van der Waals surface area contributed by atoms with Gasteiger partial charge in [0.15, 0.2) is 5.76 Å². The zero-order valence-corrected chi connectivity index (χ0v) is 10.7. The van der Waals surface area contributed by atoms with Gasteiger partial charge in [-0.15, -0.1) is 0 Å². The van der Waals surface area contributed by atoms with E-state index in [9.17, 15) is 4.79 Å². The topological polar surface area (TPSA) is 52.3 Å². The molecule has 94 valence electrons. The number of carbonyl (C=O) groups is 1. The number of carbonyl (C=O) groups excluding carboxylic acids is 1. The number of ether oxygens (including phenoxy) is 1. The summed E-state index contributed by atoms with van der Waals surface area (Å²) in [6.45, 7) is 3.83. The molecule has 0 radical (unpaired) electrons. The van der Waals surface area contributed by atoms with Crippen LogP contribution in [0.25, 0.3) is 0 Å². The summed E-state index contributed by atoms with van der Waals surface area (Å²) in [6.07, 6.45) is 3.43. The van der Waals surface area contributed by atoms with Crippen molar-refractivity contribution in [1.82, 2.24) is 4.98 Å². The van der Waals surface area contributed by atoms with Crippen LogP contribution in [-0.4, -0.2) is 17.9 Å². The summed E-state index contributed by atoms with van der Waals surface area (Å²) in [7, 11) is 1.62. The number of aryl methyl sites for hydroxylation is 1. The second-order valence-corrected chi connectivity index (χ2v) is 4.12. The number of nitrogens with zero attached hydrogens (tertiary/aromatic N) is 1. The van der Waals surface area contributed by atoms with Gasteiger partial charge in [-0.25, -0.2) is 0 Å². The maximum atomic E-state index is 11.9. The second kappa shape index (κ2) is 5.04.